The van der Waals surface area contributed by atoms with Gasteiger partial charge in [0.15, 0.2) is 0 Å². The van der Waals surface area contributed by atoms with Gasteiger partial charge < -0.3 is 5.73 Å². The van der Waals surface area contributed by atoms with Crippen LogP contribution in [0.4, 0.5) is 5.69 Å². The van der Waals surface area contributed by atoms with Crippen molar-refractivity contribution in [2.24, 2.45) is 0 Å². The first-order valence-corrected chi connectivity index (χ1v) is 8.57. The minimum absolute atomic E-state index is 0.774. The van der Waals surface area contributed by atoms with Gasteiger partial charge in [-0.05, 0) is 31.2 Å². The van der Waals surface area contributed by atoms with Crippen molar-refractivity contribution in [3.8, 4) is 11.3 Å². The van der Waals surface area contributed by atoms with E-state index in [1.165, 1.54) is 10.5 Å². The molecule has 21 heavy (non-hydrogen) atoms. The van der Waals surface area contributed by atoms with Crippen molar-refractivity contribution >= 4 is 28.8 Å². The Morgan fingerprint density at radius 2 is 1.95 bits per heavy atom. The fraction of sp³-hybridized carbons (Fsp3) is 0.118. The van der Waals surface area contributed by atoms with E-state index in [2.05, 4.69) is 36.6 Å². The van der Waals surface area contributed by atoms with Crippen molar-refractivity contribution in [3.63, 3.8) is 0 Å². The van der Waals surface area contributed by atoms with Gasteiger partial charge in [-0.15, -0.1) is 23.1 Å². The second kappa shape index (κ2) is 6.33. The molecule has 3 aromatic rings. The second-order valence-electron chi connectivity index (χ2n) is 4.85. The molecule has 2 N–H and O–H groups in total. The number of hydrogen-bond donors (Lipinski definition) is 1. The molecule has 0 radical (unpaired) electrons. The van der Waals surface area contributed by atoms with Gasteiger partial charge >= 0.3 is 0 Å². The molecule has 3 rings (SSSR count). The summed E-state index contributed by atoms with van der Waals surface area (Å²) in [6, 6.07) is 16.5. The highest BCUT2D eigenvalue weighted by Crippen LogP contribution is 2.28. The average molecular weight is 312 g/mol. The van der Waals surface area contributed by atoms with Crippen LogP contribution in [-0.2, 0) is 5.75 Å². The van der Waals surface area contributed by atoms with Crippen molar-refractivity contribution in [2.75, 3.05) is 5.73 Å². The fourth-order valence-electron chi connectivity index (χ4n) is 1.99. The molecule has 0 atom stereocenters. The predicted octanol–water partition coefficient (Wildman–Crippen LogP) is 4.99. The Kier molecular flexibility index (Phi) is 4.27. The number of rotatable bonds is 4. The minimum Gasteiger partial charge on any atom is -0.399 e. The lowest BCUT2D eigenvalue weighted by atomic mass is 10.1. The maximum absolute atomic E-state index is 5.82. The van der Waals surface area contributed by atoms with E-state index in [1.54, 1.807) is 11.3 Å². The second-order valence-corrected chi connectivity index (χ2v) is 6.85. The number of hydrogen-bond acceptors (Lipinski definition) is 4. The smallest absolute Gasteiger partial charge is 0.104 e. The number of thioether (sulfide) groups is 1. The Hall–Kier alpha value is -1.78. The van der Waals surface area contributed by atoms with Crippen LogP contribution in [0, 0.1) is 6.92 Å². The molecule has 0 unspecified atom stereocenters. The molecular weight excluding hydrogens is 296 g/mol. The molecule has 106 valence electrons. The standard InChI is InChI=1S/C17H16N2S2/c1-12-5-7-15(8-6-12)20-11-17-19-16(10-21-17)13-3-2-4-14(18)9-13/h2-10H,11,18H2,1H3. The lowest BCUT2D eigenvalue weighted by molar-refractivity contribution is 1.26. The van der Waals surface area contributed by atoms with E-state index in [0.29, 0.717) is 0 Å². The fourth-order valence-corrected chi connectivity index (χ4v) is 3.71. The van der Waals surface area contributed by atoms with Crippen molar-refractivity contribution in [1.82, 2.24) is 4.98 Å². The van der Waals surface area contributed by atoms with Crippen LogP contribution in [-0.4, -0.2) is 4.98 Å². The van der Waals surface area contributed by atoms with Crippen molar-refractivity contribution in [2.45, 2.75) is 17.6 Å². The first-order chi connectivity index (χ1) is 10.2. The number of nitrogens with two attached hydrogens (primary N) is 1. The molecule has 1 heterocycles. The Morgan fingerprint density at radius 1 is 1.14 bits per heavy atom. The van der Waals surface area contributed by atoms with E-state index in [4.69, 9.17) is 10.7 Å². The van der Waals surface area contributed by atoms with Crippen molar-refractivity contribution < 1.29 is 0 Å². The normalized spacial score (nSPS) is 10.7. The first-order valence-electron chi connectivity index (χ1n) is 6.70. The van der Waals surface area contributed by atoms with Crippen LogP contribution in [0.5, 0.6) is 0 Å². The number of anilines is 1. The van der Waals surface area contributed by atoms with Gasteiger partial charge in [-0.1, -0.05) is 29.8 Å². The molecule has 0 aliphatic rings. The summed E-state index contributed by atoms with van der Waals surface area (Å²) in [6.45, 7) is 2.10. The topological polar surface area (TPSA) is 38.9 Å². The van der Waals surface area contributed by atoms with Gasteiger partial charge in [0.05, 0.1) is 11.4 Å². The molecule has 1 aromatic heterocycles. The predicted molar refractivity (Wildman–Crippen MR) is 92.7 cm³/mol. The van der Waals surface area contributed by atoms with Crippen LogP contribution in [0.1, 0.15) is 10.6 Å². The number of nitrogen functional groups attached to an aromatic ring is 1. The summed E-state index contributed by atoms with van der Waals surface area (Å²) in [4.78, 5) is 5.98. The zero-order chi connectivity index (χ0) is 14.7. The molecule has 0 fully saturated rings. The number of nitrogens with zero attached hydrogens (tertiary/aromatic N) is 1. The highest BCUT2D eigenvalue weighted by atomic mass is 32.2. The van der Waals surface area contributed by atoms with Crippen LogP contribution in [0.2, 0.25) is 0 Å². The monoisotopic (exact) mass is 312 g/mol. The first kappa shape index (κ1) is 14.2. The van der Waals surface area contributed by atoms with E-state index in [1.807, 2.05) is 36.0 Å². The third kappa shape index (κ3) is 3.65. The van der Waals surface area contributed by atoms with E-state index >= 15 is 0 Å². The Labute approximate surface area is 133 Å². The number of aromatic nitrogens is 1. The summed E-state index contributed by atoms with van der Waals surface area (Å²) in [5.74, 6) is 0.899. The Morgan fingerprint density at radius 3 is 2.71 bits per heavy atom. The van der Waals surface area contributed by atoms with Crippen LogP contribution < -0.4 is 5.73 Å². The highest BCUT2D eigenvalue weighted by molar-refractivity contribution is 7.98. The van der Waals surface area contributed by atoms with Gasteiger partial charge in [0, 0.05) is 21.5 Å². The lowest BCUT2D eigenvalue weighted by Crippen LogP contribution is -1.86. The largest absolute Gasteiger partial charge is 0.399 e. The van der Waals surface area contributed by atoms with Gasteiger partial charge in [0.2, 0.25) is 0 Å². The number of thiazole rings is 1. The van der Waals surface area contributed by atoms with Gasteiger partial charge in [0.25, 0.3) is 0 Å². The van der Waals surface area contributed by atoms with Crippen LogP contribution >= 0.6 is 23.1 Å². The lowest BCUT2D eigenvalue weighted by Gasteiger charge is -2.00. The zero-order valence-corrected chi connectivity index (χ0v) is 13.4. The molecular formula is C17H16N2S2. The van der Waals surface area contributed by atoms with E-state index in [9.17, 15) is 0 Å². The molecule has 0 saturated carbocycles. The SMILES string of the molecule is Cc1ccc(SCc2nc(-c3cccc(N)c3)cs2)cc1. The quantitative estimate of drug-likeness (QED) is 0.544. The van der Waals surface area contributed by atoms with E-state index in [0.717, 1.165) is 27.7 Å². The summed E-state index contributed by atoms with van der Waals surface area (Å²) in [7, 11) is 0. The van der Waals surface area contributed by atoms with Gasteiger partial charge in [0.1, 0.15) is 5.01 Å². The highest BCUT2D eigenvalue weighted by Gasteiger charge is 2.05. The summed E-state index contributed by atoms with van der Waals surface area (Å²) < 4.78 is 0. The third-order valence-electron chi connectivity index (χ3n) is 3.12. The van der Waals surface area contributed by atoms with Crippen molar-refractivity contribution in [1.29, 1.82) is 0 Å². The molecule has 4 heteroatoms. The maximum atomic E-state index is 5.82. The van der Waals surface area contributed by atoms with E-state index in [-0.39, 0.29) is 0 Å². The Balaban J connectivity index is 1.69. The summed E-state index contributed by atoms with van der Waals surface area (Å²) in [5, 5.41) is 3.23. The number of aryl methyl sites for hydroxylation is 1. The number of benzene rings is 2. The molecule has 0 aliphatic heterocycles. The molecule has 2 nitrogen and oxygen atoms in total. The van der Waals surface area contributed by atoms with E-state index < -0.39 is 0 Å². The van der Waals surface area contributed by atoms with Crippen molar-refractivity contribution in [3.05, 3.63) is 64.5 Å². The Bertz CT molecular complexity index is 733. The third-order valence-corrected chi connectivity index (χ3v) is 5.17. The molecule has 0 saturated heterocycles. The minimum atomic E-state index is 0.774. The van der Waals surface area contributed by atoms with Crippen LogP contribution in [0.15, 0.2) is 58.8 Å². The summed E-state index contributed by atoms with van der Waals surface area (Å²) in [5.41, 5.74) is 9.97. The average Bonchev–Trinajstić information content (AvgIpc) is 2.96. The van der Waals surface area contributed by atoms with Gasteiger partial charge in [-0.2, -0.15) is 0 Å². The summed E-state index contributed by atoms with van der Waals surface area (Å²) in [6.07, 6.45) is 0. The molecule has 0 aliphatic carbocycles. The summed E-state index contributed by atoms with van der Waals surface area (Å²) >= 11 is 3.52. The maximum Gasteiger partial charge on any atom is 0.104 e. The van der Waals surface area contributed by atoms with Crippen LogP contribution in [0.3, 0.4) is 0 Å². The molecule has 0 bridgehead atoms. The molecule has 0 amide bonds. The molecule has 2 aromatic carbocycles. The molecule has 0 spiro atoms. The zero-order valence-electron chi connectivity index (χ0n) is 11.7. The van der Waals surface area contributed by atoms with Gasteiger partial charge in [-0.3, -0.25) is 0 Å². The van der Waals surface area contributed by atoms with Crippen LogP contribution in [0.25, 0.3) is 11.3 Å². The van der Waals surface area contributed by atoms with Gasteiger partial charge in [-0.25, -0.2) is 4.98 Å².